The summed E-state index contributed by atoms with van der Waals surface area (Å²) < 4.78 is 10.6. The van der Waals surface area contributed by atoms with Crippen molar-refractivity contribution in [2.75, 3.05) is 14.2 Å². The minimum atomic E-state index is 0.794. The van der Waals surface area contributed by atoms with Crippen LogP contribution >= 0.6 is 0 Å². The summed E-state index contributed by atoms with van der Waals surface area (Å²) in [7, 11) is 3.35. The number of methoxy groups -OCH3 is 2. The largest absolute Gasteiger partial charge is 0.493 e. The van der Waals surface area contributed by atoms with Gasteiger partial charge in [-0.3, -0.25) is 0 Å². The Bertz CT molecular complexity index is 573. The van der Waals surface area contributed by atoms with Crippen LogP contribution in [0.1, 0.15) is 36.5 Å². The fourth-order valence-corrected chi connectivity index (χ4v) is 2.64. The van der Waals surface area contributed by atoms with Crippen LogP contribution in [0, 0.1) is 0 Å². The average molecular weight is 298 g/mol. The van der Waals surface area contributed by atoms with E-state index in [1.807, 2.05) is 6.07 Å². The molecule has 0 aliphatic rings. The van der Waals surface area contributed by atoms with E-state index in [-0.39, 0.29) is 0 Å². The highest BCUT2D eigenvalue weighted by Gasteiger charge is 2.04. The molecule has 0 unspecified atom stereocenters. The number of hydrogen-bond acceptors (Lipinski definition) is 2. The SMILES string of the molecule is CCc1ccc(CCCCc2ccc(OC)c(OC)c2)cc1. The van der Waals surface area contributed by atoms with Crippen molar-refractivity contribution in [3.8, 4) is 11.5 Å². The number of rotatable bonds is 8. The minimum absolute atomic E-state index is 0.794. The highest BCUT2D eigenvalue weighted by Crippen LogP contribution is 2.28. The second kappa shape index (κ2) is 8.47. The smallest absolute Gasteiger partial charge is 0.160 e. The molecule has 0 aromatic heterocycles. The third kappa shape index (κ3) is 4.52. The summed E-state index contributed by atoms with van der Waals surface area (Å²) in [6.07, 6.45) is 5.73. The number of benzene rings is 2. The highest BCUT2D eigenvalue weighted by atomic mass is 16.5. The van der Waals surface area contributed by atoms with Crippen LogP contribution in [0.3, 0.4) is 0 Å². The second-order valence-electron chi connectivity index (χ2n) is 5.57. The number of aryl methyl sites for hydroxylation is 3. The molecule has 0 bridgehead atoms. The molecule has 0 saturated carbocycles. The van der Waals surface area contributed by atoms with Crippen molar-refractivity contribution in [2.45, 2.75) is 39.0 Å². The van der Waals surface area contributed by atoms with Crippen LogP contribution in [0.4, 0.5) is 0 Å². The Labute approximate surface area is 134 Å². The van der Waals surface area contributed by atoms with E-state index >= 15 is 0 Å². The van der Waals surface area contributed by atoms with Crippen molar-refractivity contribution in [3.63, 3.8) is 0 Å². The topological polar surface area (TPSA) is 18.5 Å². The van der Waals surface area contributed by atoms with Crippen LogP contribution in [-0.4, -0.2) is 14.2 Å². The average Bonchev–Trinajstić information content (AvgIpc) is 2.59. The molecule has 2 aromatic rings. The van der Waals surface area contributed by atoms with E-state index in [9.17, 15) is 0 Å². The third-order valence-corrected chi connectivity index (χ3v) is 4.06. The molecule has 0 spiro atoms. The summed E-state index contributed by atoms with van der Waals surface area (Å²) >= 11 is 0. The van der Waals surface area contributed by atoms with E-state index < -0.39 is 0 Å². The summed E-state index contributed by atoms with van der Waals surface area (Å²) in [4.78, 5) is 0. The van der Waals surface area contributed by atoms with Crippen molar-refractivity contribution in [3.05, 3.63) is 59.2 Å². The van der Waals surface area contributed by atoms with E-state index in [0.29, 0.717) is 0 Å². The van der Waals surface area contributed by atoms with E-state index in [1.54, 1.807) is 14.2 Å². The molecule has 0 aliphatic carbocycles. The van der Waals surface area contributed by atoms with Crippen molar-refractivity contribution in [1.29, 1.82) is 0 Å². The van der Waals surface area contributed by atoms with E-state index in [2.05, 4.69) is 43.3 Å². The zero-order valence-electron chi connectivity index (χ0n) is 13.9. The van der Waals surface area contributed by atoms with Gasteiger partial charge in [0.2, 0.25) is 0 Å². The van der Waals surface area contributed by atoms with Gasteiger partial charge >= 0.3 is 0 Å². The standard InChI is InChI=1S/C20H26O2/c1-4-16-9-11-17(12-10-16)7-5-6-8-18-13-14-19(21-2)20(15-18)22-3/h9-15H,4-8H2,1-3H3. The molecule has 0 amide bonds. The summed E-state index contributed by atoms with van der Waals surface area (Å²) in [6.45, 7) is 2.19. The summed E-state index contributed by atoms with van der Waals surface area (Å²) in [6, 6.07) is 15.2. The molecule has 0 N–H and O–H groups in total. The highest BCUT2D eigenvalue weighted by molar-refractivity contribution is 5.42. The Morgan fingerprint density at radius 2 is 1.23 bits per heavy atom. The molecule has 2 rings (SSSR count). The normalized spacial score (nSPS) is 10.5. The molecule has 22 heavy (non-hydrogen) atoms. The molecule has 0 saturated heterocycles. The first-order chi connectivity index (χ1) is 10.8. The lowest BCUT2D eigenvalue weighted by atomic mass is 10.0. The lowest BCUT2D eigenvalue weighted by molar-refractivity contribution is 0.354. The first-order valence-corrected chi connectivity index (χ1v) is 8.05. The fraction of sp³-hybridized carbons (Fsp3) is 0.400. The van der Waals surface area contributed by atoms with Gasteiger partial charge in [-0.15, -0.1) is 0 Å². The predicted molar refractivity (Wildman–Crippen MR) is 92.0 cm³/mol. The molecule has 0 aliphatic heterocycles. The number of hydrogen-bond donors (Lipinski definition) is 0. The molecule has 0 fully saturated rings. The first kappa shape index (κ1) is 16.4. The fourth-order valence-electron chi connectivity index (χ4n) is 2.64. The van der Waals surface area contributed by atoms with Gasteiger partial charge in [-0.2, -0.15) is 0 Å². The van der Waals surface area contributed by atoms with Gasteiger partial charge in [0, 0.05) is 0 Å². The summed E-state index contributed by atoms with van der Waals surface area (Å²) in [5.41, 5.74) is 4.15. The van der Waals surface area contributed by atoms with Gasteiger partial charge < -0.3 is 9.47 Å². The lowest BCUT2D eigenvalue weighted by Gasteiger charge is -2.09. The van der Waals surface area contributed by atoms with Crippen molar-refractivity contribution in [1.82, 2.24) is 0 Å². The Morgan fingerprint density at radius 1 is 0.682 bits per heavy atom. The van der Waals surface area contributed by atoms with Crippen molar-refractivity contribution in [2.24, 2.45) is 0 Å². The Morgan fingerprint density at radius 3 is 1.82 bits per heavy atom. The van der Waals surface area contributed by atoms with Crippen LogP contribution in [0.2, 0.25) is 0 Å². The molecule has 0 atom stereocenters. The van der Waals surface area contributed by atoms with E-state index in [4.69, 9.17) is 9.47 Å². The van der Waals surface area contributed by atoms with Gasteiger partial charge in [-0.25, -0.2) is 0 Å². The molecule has 2 aromatic carbocycles. The van der Waals surface area contributed by atoms with Crippen LogP contribution in [-0.2, 0) is 19.3 Å². The third-order valence-electron chi connectivity index (χ3n) is 4.06. The number of unbranched alkanes of at least 4 members (excludes halogenated alkanes) is 1. The van der Waals surface area contributed by atoms with Gasteiger partial charge in [-0.05, 0) is 60.9 Å². The molecule has 2 heteroatoms. The lowest BCUT2D eigenvalue weighted by Crippen LogP contribution is -1.94. The monoisotopic (exact) mass is 298 g/mol. The maximum absolute atomic E-state index is 5.35. The maximum Gasteiger partial charge on any atom is 0.160 e. The predicted octanol–water partition coefficient (Wildman–Crippen LogP) is 4.83. The van der Waals surface area contributed by atoms with Crippen molar-refractivity contribution >= 4 is 0 Å². The minimum Gasteiger partial charge on any atom is -0.493 e. The Kier molecular flexibility index (Phi) is 6.32. The molecule has 118 valence electrons. The molecule has 0 radical (unpaired) electrons. The van der Waals surface area contributed by atoms with Crippen LogP contribution in [0.25, 0.3) is 0 Å². The van der Waals surface area contributed by atoms with Gasteiger partial charge in [0.05, 0.1) is 14.2 Å². The van der Waals surface area contributed by atoms with Crippen LogP contribution in [0.5, 0.6) is 11.5 Å². The van der Waals surface area contributed by atoms with E-state index in [1.165, 1.54) is 29.5 Å². The molecular weight excluding hydrogens is 272 g/mol. The zero-order valence-corrected chi connectivity index (χ0v) is 13.9. The molecular formula is C20H26O2. The quantitative estimate of drug-likeness (QED) is 0.650. The van der Waals surface area contributed by atoms with Gasteiger partial charge in [0.15, 0.2) is 11.5 Å². The number of ether oxygens (including phenoxy) is 2. The second-order valence-corrected chi connectivity index (χ2v) is 5.57. The van der Waals surface area contributed by atoms with Gasteiger partial charge in [0.25, 0.3) is 0 Å². The zero-order chi connectivity index (χ0) is 15.8. The Balaban J connectivity index is 1.80. The first-order valence-electron chi connectivity index (χ1n) is 8.05. The van der Waals surface area contributed by atoms with Gasteiger partial charge in [-0.1, -0.05) is 37.3 Å². The van der Waals surface area contributed by atoms with Gasteiger partial charge in [0.1, 0.15) is 0 Å². The molecule has 0 heterocycles. The van der Waals surface area contributed by atoms with E-state index in [0.717, 1.165) is 30.8 Å². The Hall–Kier alpha value is -1.96. The molecule has 2 nitrogen and oxygen atoms in total. The van der Waals surface area contributed by atoms with Crippen LogP contribution in [0.15, 0.2) is 42.5 Å². The summed E-state index contributed by atoms with van der Waals surface area (Å²) in [5, 5.41) is 0. The van der Waals surface area contributed by atoms with Crippen LogP contribution < -0.4 is 9.47 Å². The summed E-state index contributed by atoms with van der Waals surface area (Å²) in [5.74, 6) is 1.61. The maximum atomic E-state index is 5.35. The van der Waals surface area contributed by atoms with Crippen molar-refractivity contribution < 1.29 is 9.47 Å².